The van der Waals surface area contributed by atoms with Gasteiger partial charge in [0, 0.05) is 18.5 Å². The first-order valence-corrected chi connectivity index (χ1v) is 6.59. The van der Waals surface area contributed by atoms with Gasteiger partial charge in [0.05, 0.1) is 20.8 Å². The van der Waals surface area contributed by atoms with Gasteiger partial charge in [-0.1, -0.05) is 0 Å². The van der Waals surface area contributed by atoms with Gasteiger partial charge < -0.3 is 9.47 Å². The summed E-state index contributed by atoms with van der Waals surface area (Å²) in [5.74, 6) is 1.33. The molecule has 0 N–H and O–H groups in total. The SMILES string of the molecule is COc1cc(Cn2cnc3nccnc3c2=O)cc(OC)c1. The Hall–Kier alpha value is -2.96. The van der Waals surface area contributed by atoms with Crippen molar-refractivity contribution < 1.29 is 9.47 Å². The minimum absolute atomic E-state index is 0.236. The third-order valence-corrected chi connectivity index (χ3v) is 3.23. The first-order valence-electron chi connectivity index (χ1n) is 6.59. The van der Waals surface area contributed by atoms with Gasteiger partial charge in [0.15, 0.2) is 11.2 Å². The Morgan fingerprint density at radius 1 is 1.00 bits per heavy atom. The number of aromatic nitrogens is 4. The number of nitrogens with zero attached hydrogens (tertiary/aromatic N) is 4. The molecule has 2 heterocycles. The Kier molecular flexibility index (Phi) is 3.69. The van der Waals surface area contributed by atoms with Crippen molar-refractivity contribution in [1.29, 1.82) is 0 Å². The summed E-state index contributed by atoms with van der Waals surface area (Å²) in [7, 11) is 3.16. The maximum absolute atomic E-state index is 12.4. The quantitative estimate of drug-likeness (QED) is 0.721. The minimum atomic E-state index is -0.236. The summed E-state index contributed by atoms with van der Waals surface area (Å²) in [5, 5.41) is 0. The molecule has 7 heteroatoms. The zero-order chi connectivity index (χ0) is 15.5. The fraction of sp³-hybridized carbons (Fsp3) is 0.200. The van der Waals surface area contributed by atoms with E-state index >= 15 is 0 Å². The topological polar surface area (TPSA) is 79.1 Å². The average molecular weight is 298 g/mol. The molecule has 0 saturated heterocycles. The molecule has 0 amide bonds. The van der Waals surface area contributed by atoms with Crippen LogP contribution in [-0.2, 0) is 6.54 Å². The van der Waals surface area contributed by atoms with Crippen LogP contribution >= 0.6 is 0 Å². The molecule has 0 atom stereocenters. The Morgan fingerprint density at radius 2 is 1.68 bits per heavy atom. The molecule has 0 fully saturated rings. The molecule has 0 aliphatic rings. The number of ether oxygens (including phenoxy) is 2. The average Bonchev–Trinajstić information content (AvgIpc) is 2.57. The van der Waals surface area contributed by atoms with Crippen LogP contribution in [0.15, 0.2) is 41.7 Å². The van der Waals surface area contributed by atoms with Crippen LogP contribution in [0, 0.1) is 0 Å². The molecule has 7 nitrogen and oxygen atoms in total. The van der Waals surface area contributed by atoms with E-state index in [4.69, 9.17) is 9.47 Å². The largest absolute Gasteiger partial charge is 0.497 e. The summed E-state index contributed by atoms with van der Waals surface area (Å²) >= 11 is 0. The Bertz CT molecular complexity index is 854. The second kappa shape index (κ2) is 5.80. The van der Waals surface area contributed by atoms with Gasteiger partial charge in [0.25, 0.3) is 5.56 Å². The van der Waals surface area contributed by atoms with Crippen LogP contribution in [0.2, 0.25) is 0 Å². The van der Waals surface area contributed by atoms with Gasteiger partial charge >= 0.3 is 0 Å². The third kappa shape index (κ3) is 2.60. The van der Waals surface area contributed by atoms with Gasteiger partial charge in [-0.2, -0.15) is 0 Å². The van der Waals surface area contributed by atoms with E-state index in [0.717, 1.165) is 5.56 Å². The van der Waals surface area contributed by atoms with Crippen LogP contribution in [0.4, 0.5) is 0 Å². The molecule has 0 bridgehead atoms. The standard InChI is InChI=1S/C15H14N4O3/c1-21-11-5-10(6-12(7-11)22-2)8-19-9-18-14-13(15(19)20)16-3-4-17-14/h3-7,9H,8H2,1-2H3. The van der Waals surface area contributed by atoms with Crippen molar-refractivity contribution >= 4 is 11.2 Å². The van der Waals surface area contributed by atoms with Gasteiger partial charge in [0.1, 0.15) is 17.8 Å². The van der Waals surface area contributed by atoms with Gasteiger partial charge in [-0.25, -0.2) is 15.0 Å². The molecular formula is C15H14N4O3. The molecule has 2 aromatic heterocycles. The maximum atomic E-state index is 12.4. The van der Waals surface area contributed by atoms with Gasteiger partial charge in [-0.3, -0.25) is 9.36 Å². The van der Waals surface area contributed by atoms with Crippen LogP contribution < -0.4 is 15.0 Å². The Balaban J connectivity index is 2.03. The third-order valence-electron chi connectivity index (χ3n) is 3.23. The Labute approximate surface area is 126 Å². The number of hydrogen-bond acceptors (Lipinski definition) is 6. The molecule has 112 valence electrons. The van der Waals surface area contributed by atoms with E-state index in [2.05, 4.69) is 15.0 Å². The minimum Gasteiger partial charge on any atom is -0.497 e. The van der Waals surface area contributed by atoms with Gasteiger partial charge in [0.2, 0.25) is 0 Å². The zero-order valence-corrected chi connectivity index (χ0v) is 12.2. The second-order valence-corrected chi connectivity index (χ2v) is 4.63. The van der Waals surface area contributed by atoms with E-state index in [1.165, 1.54) is 23.3 Å². The number of rotatable bonds is 4. The van der Waals surface area contributed by atoms with Crippen LogP contribution in [0.25, 0.3) is 11.2 Å². The number of hydrogen-bond donors (Lipinski definition) is 0. The zero-order valence-electron chi connectivity index (χ0n) is 12.2. The molecule has 1 aromatic carbocycles. The maximum Gasteiger partial charge on any atom is 0.281 e. The van der Waals surface area contributed by atoms with E-state index in [9.17, 15) is 4.79 Å². The van der Waals surface area contributed by atoms with Crippen molar-refractivity contribution in [3.63, 3.8) is 0 Å². The number of fused-ring (bicyclic) bond motifs is 1. The summed E-state index contributed by atoms with van der Waals surface area (Å²) in [5.41, 5.74) is 1.22. The van der Waals surface area contributed by atoms with E-state index < -0.39 is 0 Å². The molecular weight excluding hydrogens is 284 g/mol. The summed E-state index contributed by atoms with van der Waals surface area (Å²) < 4.78 is 11.9. The lowest BCUT2D eigenvalue weighted by molar-refractivity contribution is 0.393. The van der Waals surface area contributed by atoms with Crippen LogP contribution in [0.3, 0.4) is 0 Å². The molecule has 0 spiro atoms. The predicted octanol–water partition coefficient (Wildman–Crippen LogP) is 1.25. The van der Waals surface area contributed by atoms with E-state index in [-0.39, 0.29) is 11.1 Å². The molecule has 3 aromatic rings. The highest BCUT2D eigenvalue weighted by Gasteiger charge is 2.08. The van der Waals surface area contributed by atoms with Gasteiger partial charge in [-0.15, -0.1) is 0 Å². The van der Waals surface area contributed by atoms with Crippen LogP contribution in [-0.4, -0.2) is 33.7 Å². The van der Waals surface area contributed by atoms with E-state index in [0.29, 0.717) is 23.7 Å². The van der Waals surface area contributed by atoms with Gasteiger partial charge in [-0.05, 0) is 17.7 Å². The van der Waals surface area contributed by atoms with Crippen molar-refractivity contribution in [2.24, 2.45) is 0 Å². The summed E-state index contributed by atoms with van der Waals surface area (Å²) in [6, 6.07) is 5.46. The molecule has 0 aliphatic heterocycles. The monoisotopic (exact) mass is 298 g/mol. The van der Waals surface area contributed by atoms with Crippen molar-refractivity contribution in [2.75, 3.05) is 14.2 Å². The summed E-state index contributed by atoms with van der Waals surface area (Å²) in [6.45, 7) is 0.339. The fourth-order valence-corrected chi connectivity index (χ4v) is 2.16. The first-order chi connectivity index (χ1) is 10.7. The normalized spacial score (nSPS) is 10.6. The van der Waals surface area contributed by atoms with E-state index in [1.54, 1.807) is 20.3 Å². The highest BCUT2D eigenvalue weighted by Crippen LogP contribution is 2.22. The van der Waals surface area contributed by atoms with Crippen LogP contribution in [0.5, 0.6) is 11.5 Å². The van der Waals surface area contributed by atoms with Crippen molar-refractivity contribution in [1.82, 2.24) is 19.5 Å². The molecule has 0 radical (unpaired) electrons. The highest BCUT2D eigenvalue weighted by atomic mass is 16.5. The molecule has 22 heavy (non-hydrogen) atoms. The molecule has 0 saturated carbocycles. The van der Waals surface area contributed by atoms with Crippen molar-refractivity contribution in [3.8, 4) is 11.5 Å². The van der Waals surface area contributed by atoms with Crippen molar-refractivity contribution in [3.05, 3.63) is 52.8 Å². The number of methoxy groups -OCH3 is 2. The van der Waals surface area contributed by atoms with Crippen molar-refractivity contribution in [2.45, 2.75) is 6.54 Å². The Morgan fingerprint density at radius 3 is 2.36 bits per heavy atom. The molecule has 0 aliphatic carbocycles. The lowest BCUT2D eigenvalue weighted by Crippen LogP contribution is -2.22. The van der Waals surface area contributed by atoms with Crippen LogP contribution in [0.1, 0.15) is 5.56 Å². The first kappa shape index (κ1) is 14.0. The smallest absolute Gasteiger partial charge is 0.281 e. The lowest BCUT2D eigenvalue weighted by Gasteiger charge is -2.10. The summed E-state index contributed by atoms with van der Waals surface area (Å²) in [4.78, 5) is 24.6. The molecule has 3 rings (SSSR count). The second-order valence-electron chi connectivity index (χ2n) is 4.63. The summed E-state index contributed by atoms with van der Waals surface area (Å²) in [6.07, 6.45) is 4.45. The molecule has 0 unspecified atom stereocenters. The fourth-order valence-electron chi connectivity index (χ4n) is 2.16. The number of benzene rings is 1. The highest BCUT2D eigenvalue weighted by molar-refractivity contribution is 5.66. The van der Waals surface area contributed by atoms with E-state index in [1.807, 2.05) is 12.1 Å². The lowest BCUT2D eigenvalue weighted by atomic mass is 10.2. The predicted molar refractivity (Wildman–Crippen MR) is 80.2 cm³/mol.